The molecule has 6 heteroatoms. The minimum atomic E-state index is -0.369. The smallest absolute Gasteiger partial charge is 0.275 e. The molecule has 0 saturated carbocycles. The van der Waals surface area contributed by atoms with Gasteiger partial charge in [-0.25, -0.2) is 4.98 Å². The molecule has 0 unspecified atom stereocenters. The quantitative estimate of drug-likeness (QED) is 0.863. The largest absolute Gasteiger partial charge is 0.319 e. The van der Waals surface area contributed by atoms with Crippen LogP contribution in [0.15, 0.2) is 45.5 Å². The van der Waals surface area contributed by atoms with Crippen LogP contribution in [0.5, 0.6) is 0 Å². The van der Waals surface area contributed by atoms with E-state index in [9.17, 15) is 4.79 Å². The molecule has 0 radical (unpaired) electrons. The van der Waals surface area contributed by atoms with Gasteiger partial charge in [-0.3, -0.25) is 4.79 Å². The van der Waals surface area contributed by atoms with E-state index in [0.717, 1.165) is 4.47 Å². The molecule has 4 nitrogen and oxygen atoms in total. The van der Waals surface area contributed by atoms with Crippen LogP contribution in [0, 0.1) is 11.3 Å². The van der Waals surface area contributed by atoms with Gasteiger partial charge in [-0.05, 0) is 46.3 Å². The van der Waals surface area contributed by atoms with Crippen LogP contribution in [-0.2, 0) is 0 Å². The zero-order chi connectivity index (χ0) is 13.8. The first-order valence-corrected chi connectivity index (χ1v) is 6.82. The molecule has 0 aliphatic carbocycles. The SMILES string of the molecule is N#Cc1cc(Br)ccc1NC(=O)c1ncccc1Br. The van der Waals surface area contributed by atoms with E-state index >= 15 is 0 Å². The number of nitrogens with one attached hydrogen (secondary N) is 1. The van der Waals surface area contributed by atoms with Gasteiger partial charge in [-0.1, -0.05) is 15.9 Å². The van der Waals surface area contributed by atoms with Crippen LogP contribution in [-0.4, -0.2) is 10.9 Å². The maximum atomic E-state index is 12.1. The first-order valence-electron chi connectivity index (χ1n) is 5.23. The summed E-state index contributed by atoms with van der Waals surface area (Å²) in [4.78, 5) is 16.1. The summed E-state index contributed by atoms with van der Waals surface area (Å²) < 4.78 is 1.38. The maximum absolute atomic E-state index is 12.1. The average Bonchev–Trinajstić information content (AvgIpc) is 2.41. The predicted octanol–water partition coefficient (Wildman–Crippen LogP) is 3.73. The first-order chi connectivity index (χ1) is 9.11. The predicted molar refractivity (Wildman–Crippen MR) is 78.7 cm³/mol. The molecule has 0 fully saturated rings. The van der Waals surface area contributed by atoms with Gasteiger partial charge in [0.2, 0.25) is 0 Å². The van der Waals surface area contributed by atoms with Gasteiger partial charge in [-0.15, -0.1) is 0 Å². The lowest BCUT2D eigenvalue weighted by Gasteiger charge is -2.07. The van der Waals surface area contributed by atoms with Crippen molar-refractivity contribution < 1.29 is 4.79 Å². The monoisotopic (exact) mass is 379 g/mol. The molecule has 19 heavy (non-hydrogen) atoms. The molecule has 0 saturated heterocycles. The van der Waals surface area contributed by atoms with Crippen molar-refractivity contribution in [3.63, 3.8) is 0 Å². The fourth-order valence-corrected chi connectivity index (χ4v) is 2.25. The molecule has 1 amide bonds. The normalized spacial score (nSPS) is 9.74. The van der Waals surface area contributed by atoms with Crippen LogP contribution >= 0.6 is 31.9 Å². The number of carbonyl (C=O) groups is 1. The van der Waals surface area contributed by atoms with Crippen molar-refractivity contribution in [3.8, 4) is 6.07 Å². The average molecular weight is 381 g/mol. The second-order valence-corrected chi connectivity index (χ2v) is 5.36. The fourth-order valence-electron chi connectivity index (χ4n) is 1.45. The summed E-state index contributed by atoms with van der Waals surface area (Å²) in [6, 6.07) is 10.5. The van der Waals surface area contributed by atoms with Crippen LogP contribution in [0.4, 0.5) is 5.69 Å². The number of rotatable bonds is 2. The number of pyridine rings is 1. The molecule has 94 valence electrons. The number of amides is 1. The third kappa shape index (κ3) is 3.19. The molecule has 1 aromatic heterocycles. The standard InChI is InChI=1S/C13H7Br2N3O/c14-9-3-4-11(8(6-9)7-16)18-13(19)12-10(15)2-1-5-17-12/h1-6H,(H,18,19). The number of nitriles is 1. The zero-order valence-corrected chi connectivity index (χ0v) is 12.7. The third-order valence-corrected chi connectivity index (χ3v) is 3.46. The Labute approximate surface area is 126 Å². The Morgan fingerprint density at radius 3 is 2.79 bits per heavy atom. The van der Waals surface area contributed by atoms with Gasteiger partial charge in [-0.2, -0.15) is 5.26 Å². The third-order valence-electron chi connectivity index (χ3n) is 2.32. The van der Waals surface area contributed by atoms with E-state index in [1.54, 1.807) is 30.3 Å². The molecule has 1 heterocycles. The lowest BCUT2D eigenvalue weighted by Crippen LogP contribution is -2.15. The summed E-state index contributed by atoms with van der Waals surface area (Å²) in [5.74, 6) is -0.369. The molecular formula is C13H7Br2N3O. The highest BCUT2D eigenvalue weighted by molar-refractivity contribution is 9.10. The second-order valence-electron chi connectivity index (χ2n) is 3.59. The summed E-state index contributed by atoms with van der Waals surface area (Å²) in [5, 5.41) is 11.7. The van der Waals surface area contributed by atoms with Crippen molar-refractivity contribution in [1.29, 1.82) is 5.26 Å². The molecule has 0 atom stereocenters. The molecular weight excluding hydrogens is 374 g/mol. The maximum Gasteiger partial charge on any atom is 0.275 e. The minimum absolute atomic E-state index is 0.273. The van der Waals surface area contributed by atoms with Crippen molar-refractivity contribution >= 4 is 43.5 Å². The van der Waals surface area contributed by atoms with E-state index in [0.29, 0.717) is 15.7 Å². The first kappa shape index (κ1) is 13.7. The highest BCUT2D eigenvalue weighted by atomic mass is 79.9. The highest BCUT2D eigenvalue weighted by Gasteiger charge is 2.13. The summed E-state index contributed by atoms with van der Waals surface area (Å²) in [6.07, 6.45) is 1.53. The Hall–Kier alpha value is -1.71. The Balaban J connectivity index is 2.30. The van der Waals surface area contributed by atoms with E-state index in [4.69, 9.17) is 5.26 Å². The number of hydrogen-bond donors (Lipinski definition) is 1. The van der Waals surface area contributed by atoms with Crippen molar-refractivity contribution in [2.24, 2.45) is 0 Å². The van der Waals surface area contributed by atoms with Crippen molar-refractivity contribution in [2.75, 3.05) is 5.32 Å². The molecule has 0 aliphatic heterocycles. The minimum Gasteiger partial charge on any atom is -0.319 e. The summed E-state index contributed by atoms with van der Waals surface area (Å²) in [6.45, 7) is 0. The molecule has 1 aromatic carbocycles. The molecule has 0 aliphatic rings. The van der Waals surface area contributed by atoms with Gasteiger partial charge in [0.15, 0.2) is 0 Å². The highest BCUT2D eigenvalue weighted by Crippen LogP contribution is 2.22. The lowest BCUT2D eigenvalue weighted by atomic mass is 10.2. The fraction of sp³-hybridized carbons (Fsp3) is 0. The van der Waals surface area contributed by atoms with E-state index in [2.05, 4.69) is 42.2 Å². The van der Waals surface area contributed by atoms with E-state index in [1.165, 1.54) is 6.20 Å². The Morgan fingerprint density at radius 2 is 2.11 bits per heavy atom. The topological polar surface area (TPSA) is 65.8 Å². The Kier molecular flexibility index (Phi) is 4.30. The summed E-state index contributed by atoms with van der Waals surface area (Å²) >= 11 is 6.54. The number of carbonyl (C=O) groups excluding carboxylic acids is 1. The van der Waals surface area contributed by atoms with Gasteiger partial charge in [0.05, 0.1) is 11.3 Å². The number of nitrogens with zero attached hydrogens (tertiary/aromatic N) is 2. The molecule has 0 bridgehead atoms. The van der Waals surface area contributed by atoms with Crippen molar-refractivity contribution in [2.45, 2.75) is 0 Å². The van der Waals surface area contributed by atoms with Gasteiger partial charge < -0.3 is 5.32 Å². The van der Waals surface area contributed by atoms with Crippen LogP contribution < -0.4 is 5.32 Å². The van der Waals surface area contributed by atoms with E-state index < -0.39 is 0 Å². The van der Waals surface area contributed by atoms with Gasteiger partial charge >= 0.3 is 0 Å². The number of hydrogen-bond acceptors (Lipinski definition) is 3. The molecule has 2 rings (SSSR count). The molecule has 1 N–H and O–H groups in total. The Bertz CT molecular complexity index is 680. The molecule has 0 spiro atoms. The lowest BCUT2D eigenvalue weighted by molar-refractivity contribution is 0.102. The van der Waals surface area contributed by atoms with Crippen LogP contribution in [0.2, 0.25) is 0 Å². The van der Waals surface area contributed by atoms with Crippen LogP contribution in [0.25, 0.3) is 0 Å². The number of anilines is 1. The van der Waals surface area contributed by atoms with Crippen LogP contribution in [0.3, 0.4) is 0 Å². The van der Waals surface area contributed by atoms with Crippen LogP contribution in [0.1, 0.15) is 16.1 Å². The number of benzene rings is 1. The number of aromatic nitrogens is 1. The van der Waals surface area contributed by atoms with E-state index in [1.807, 2.05) is 6.07 Å². The summed E-state index contributed by atoms with van der Waals surface area (Å²) in [5.41, 5.74) is 1.11. The van der Waals surface area contributed by atoms with Gasteiger partial charge in [0.1, 0.15) is 11.8 Å². The van der Waals surface area contributed by atoms with Crippen molar-refractivity contribution in [1.82, 2.24) is 4.98 Å². The van der Waals surface area contributed by atoms with Gasteiger partial charge in [0.25, 0.3) is 5.91 Å². The number of halogens is 2. The molecule has 2 aromatic rings. The Morgan fingerprint density at radius 1 is 1.32 bits per heavy atom. The zero-order valence-electron chi connectivity index (χ0n) is 9.52. The van der Waals surface area contributed by atoms with Crippen molar-refractivity contribution in [3.05, 3.63) is 56.7 Å². The van der Waals surface area contributed by atoms with Gasteiger partial charge in [0, 0.05) is 15.1 Å². The van der Waals surface area contributed by atoms with E-state index in [-0.39, 0.29) is 11.6 Å². The summed E-state index contributed by atoms with van der Waals surface area (Å²) in [7, 11) is 0. The second kappa shape index (κ2) is 5.95.